The lowest BCUT2D eigenvalue weighted by atomic mass is 10.1. The van der Waals surface area contributed by atoms with Gasteiger partial charge >= 0.3 is 6.18 Å². The van der Waals surface area contributed by atoms with Crippen LogP contribution in [0.15, 0.2) is 29.6 Å². The van der Waals surface area contributed by atoms with E-state index in [1.54, 1.807) is 17.4 Å². The Labute approximate surface area is 159 Å². The molecule has 1 aromatic carbocycles. The minimum Gasteiger partial charge on any atom is -0.332 e. The summed E-state index contributed by atoms with van der Waals surface area (Å²) in [6, 6.07) is 5.64. The molecule has 144 valence electrons. The van der Waals surface area contributed by atoms with Gasteiger partial charge in [0.15, 0.2) is 0 Å². The standard InChI is InChI=1S/C19H20F3N3OS/c1-12-23-15(11-27-12)10-25-16-5-6-24(17(16)8-18(25)26)9-13-3-2-4-14(7-13)19(20,21)22/h2-4,7,11,16-17H,5-6,8-10H2,1H3/t16-,17-/m0/s1. The molecule has 3 heterocycles. The number of fused-ring (bicyclic) bond motifs is 1. The first-order chi connectivity index (χ1) is 12.8. The van der Waals surface area contributed by atoms with Crippen molar-refractivity contribution in [3.63, 3.8) is 0 Å². The lowest BCUT2D eigenvalue weighted by molar-refractivity contribution is -0.137. The van der Waals surface area contributed by atoms with Gasteiger partial charge in [0.25, 0.3) is 0 Å². The average Bonchev–Trinajstić information content (AvgIpc) is 3.26. The van der Waals surface area contributed by atoms with Gasteiger partial charge in [0.1, 0.15) is 0 Å². The van der Waals surface area contributed by atoms with Crippen molar-refractivity contribution < 1.29 is 18.0 Å². The van der Waals surface area contributed by atoms with Crippen molar-refractivity contribution in [3.8, 4) is 0 Å². The van der Waals surface area contributed by atoms with Gasteiger partial charge in [-0.25, -0.2) is 4.98 Å². The number of likely N-dealkylation sites (tertiary alicyclic amines) is 2. The van der Waals surface area contributed by atoms with Gasteiger partial charge in [-0.1, -0.05) is 18.2 Å². The quantitative estimate of drug-likeness (QED) is 0.789. The predicted octanol–water partition coefficient (Wildman–Crippen LogP) is 3.85. The van der Waals surface area contributed by atoms with Crippen LogP contribution in [0.5, 0.6) is 0 Å². The highest BCUT2D eigenvalue weighted by atomic mass is 32.1. The van der Waals surface area contributed by atoms with Crippen LogP contribution in [-0.2, 0) is 24.1 Å². The molecule has 4 nitrogen and oxygen atoms in total. The SMILES string of the molecule is Cc1nc(CN2C(=O)C[C@H]3[C@@H]2CCN3Cc2cccc(C(F)(F)F)c2)cs1. The summed E-state index contributed by atoms with van der Waals surface area (Å²) >= 11 is 1.57. The van der Waals surface area contributed by atoms with Crippen molar-refractivity contribution in [3.05, 3.63) is 51.5 Å². The summed E-state index contributed by atoms with van der Waals surface area (Å²) in [4.78, 5) is 21.0. The molecule has 0 spiro atoms. The topological polar surface area (TPSA) is 36.4 Å². The maximum Gasteiger partial charge on any atom is 0.416 e. The summed E-state index contributed by atoms with van der Waals surface area (Å²) < 4.78 is 38.8. The molecule has 0 bridgehead atoms. The zero-order valence-corrected chi connectivity index (χ0v) is 15.7. The number of halogens is 3. The lowest BCUT2D eigenvalue weighted by Gasteiger charge is -2.25. The molecule has 0 unspecified atom stereocenters. The predicted molar refractivity (Wildman–Crippen MR) is 96.1 cm³/mol. The van der Waals surface area contributed by atoms with Crippen LogP contribution < -0.4 is 0 Å². The number of aromatic nitrogens is 1. The molecule has 2 aliphatic heterocycles. The normalized spacial score (nSPS) is 23.3. The Morgan fingerprint density at radius 3 is 2.78 bits per heavy atom. The zero-order chi connectivity index (χ0) is 19.2. The summed E-state index contributed by atoms with van der Waals surface area (Å²) in [5.41, 5.74) is 0.910. The number of hydrogen-bond acceptors (Lipinski definition) is 4. The fraction of sp³-hybridized carbons (Fsp3) is 0.474. The second-order valence-electron chi connectivity index (χ2n) is 7.18. The fourth-order valence-electron chi connectivity index (χ4n) is 4.15. The van der Waals surface area contributed by atoms with Crippen molar-refractivity contribution in [2.75, 3.05) is 6.54 Å². The molecule has 27 heavy (non-hydrogen) atoms. The van der Waals surface area contributed by atoms with Gasteiger partial charge in [0.2, 0.25) is 5.91 Å². The number of amides is 1. The number of carbonyl (C=O) groups excluding carboxylic acids is 1. The third kappa shape index (κ3) is 3.73. The molecule has 0 N–H and O–H groups in total. The van der Waals surface area contributed by atoms with Crippen LogP contribution in [0, 0.1) is 6.92 Å². The van der Waals surface area contributed by atoms with Crippen molar-refractivity contribution in [2.24, 2.45) is 0 Å². The van der Waals surface area contributed by atoms with Gasteiger partial charge in [0, 0.05) is 37.0 Å². The molecular weight excluding hydrogens is 375 g/mol. The van der Waals surface area contributed by atoms with Crippen molar-refractivity contribution in [1.29, 1.82) is 0 Å². The van der Waals surface area contributed by atoms with Gasteiger partial charge in [-0.15, -0.1) is 11.3 Å². The number of nitrogens with zero attached hydrogens (tertiary/aromatic N) is 3. The molecule has 2 aromatic rings. The Morgan fingerprint density at radius 1 is 1.26 bits per heavy atom. The lowest BCUT2D eigenvalue weighted by Crippen LogP contribution is -2.36. The number of aryl methyl sites for hydroxylation is 1. The highest BCUT2D eigenvalue weighted by Crippen LogP contribution is 2.35. The number of alkyl halides is 3. The second kappa shape index (κ2) is 6.91. The van der Waals surface area contributed by atoms with Crippen LogP contribution in [0.4, 0.5) is 13.2 Å². The third-order valence-corrected chi connectivity index (χ3v) is 6.19. The van der Waals surface area contributed by atoms with E-state index in [0.29, 0.717) is 25.1 Å². The molecule has 0 aliphatic carbocycles. The van der Waals surface area contributed by atoms with Crippen LogP contribution in [0.1, 0.15) is 34.7 Å². The van der Waals surface area contributed by atoms with E-state index in [2.05, 4.69) is 9.88 Å². The summed E-state index contributed by atoms with van der Waals surface area (Å²) in [6.45, 7) is 3.67. The maximum absolute atomic E-state index is 12.9. The van der Waals surface area contributed by atoms with Crippen LogP contribution in [-0.4, -0.2) is 39.3 Å². The number of benzene rings is 1. The monoisotopic (exact) mass is 395 g/mol. The van der Waals surface area contributed by atoms with Gasteiger partial charge < -0.3 is 4.90 Å². The Morgan fingerprint density at radius 2 is 2.07 bits per heavy atom. The average molecular weight is 395 g/mol. The Hall–Kier alpha value is -1.93. The molecule has 0 saturated carbocycles. The first-order valence-electron chi connectivity index (χ1n) is 8.92. The van der Waals surface area contributed by atoms with Crippen LogP contribution >= 0.6 is 11.3 Å². The third-order valence-electron chi connectivity index (χ3n) is 5.37. The molecule has 2 saturated heterocycles. The molecule has 2 fully saturated rings. The highest BCUT2D eigenvalue weighted by Gasteiger charge is 2.46. The number of thiazole rings is 1. The minimum absolute atomic E-state index is 0.0618. The van der Waals surface area contributed by atoms with Crippen LogP contribution in [0.25, 0.3) is 0 Å². The first-order valence-corrected chi connectivity index (χ1v) is 9.80. The fourth-order valence-corrected chi connectivity index (χ4v) is 4.75. The van der Waals surface area contributed by atoms with E-state index < -0.39 is 11.7 Å². The number of rotatable bonds is 4. The van der Waals surface area contributed by atoms with E-state index in [1.165, 1.54) is 12.1 Å². The second-order valence-corrected chi connectivity index (χ2v) is 8.24. The Kier molecular flexibility index (Phi) is 4.71. The van der Waals surface area contributed by atoms with E-state index in [4.69, 9.17) is 0 Å². The molecule has 1 amide bonds. The molecule has 8 heteroatoms. The molecule has 2 aliphatic rings. The van der Waals surface area contributed by atoms with E-state index in [1.807, 2.05) is 17.2 Å². The van der Waals surface area contributed by atoms with E-state index >= 15 is 0 Å². The zero-order valence-electron chi connectivity index (χ0n) is 14.9. The van der Waals surface area contributed by atoms with E-state index in [-0.39, 0.29) is 18.0 Å². The van der Waals surface area contributed by atoms with Gasteiger partial charge in [-0.05, 0) is 25.0 Å². The number of hydrogen-bond donors (Lipinski definition) is 0. The largest absolute Gasteiger partial charge is 0.416 e. The summed E-state index contributed by atoms with van der Waals surface area (Å²) in [6.07, 6.45) is -3.07. The molecular formula is C19H20F3N3OS. The van der Waals surface area contributed by atoms with Crippen LogP contribution in [0.3, 0.4) is 0 Å². The minimum atomic E-state index is -4.34. The maximum atomic E-state index is 12.9. The number of carbonyl (C=O) groups is 1. The molecule has 0 radical (unpaired) electrons. The summed E-state index contributed by atoms with van der Waals surface area (Å²) in [5, 5.41) is 2.96. The molecule has 2 atom stereocenters. The van der Waals surface area contributed by atoms with Gasteiger partial charge in [0.05, 0.1) is 22.8 Å². The van der Waals surface area contributed by atoms with Crippen molar-refractivity contribution >= 4 is 17.2 Å². The molecule has 1 aromatic heterocycles. The smallest absolute Gasteiger partial charge is 0.332 e. The van der Waals surface area contributed by atoms with Crippen LogP contribution in [0.2, 0.25) is 0 Å². The Balaban J connectivity index is 1.46. The van der Waals surface area contributed by atoms with Gasteiger partial charge in [-0.3, -0.25) is 9.69 Å². The highest BCUT2D eigenvalue weighted by molar-refractivity contribution is 7.09. The van der Waals surface area contributed by atoms with Gasteiger partial charge in [-0.2, -0.15) is 13.2 Å². The van der Waals surface area contributed by atoms with E-state index in [9.17, 15) is 18.0 Å². The van der Waals surface area contributed by atoms with Crippen molar-refractivity contribution in [1.82, 2.24) is 14.8 Å². The van der Waals surface area contributed by atoms with E-state index in [0.717, 1.165) is 29.7 Å². The molecule has 4 rings (SSSR count). The summed E-state index contributed by atoms with van der Waals surface area (Å²) in [5.74, 6) is 0.101. The first kappa shape index (κ1) is 18.4. The summed E-state index contributed by atoms with van der Waals surface area (Å²) in [7, 11) is 0. The Bertz CT molecular complexity index is 851. The van der Waals surface area contributed by atoms with Crippen molar-refractivity contribution in [2.45, 2.75) is 51.1 Å².